The largest absolute Gasteiger partial charge is 0.345 e. The second kappa shape index (κ2) is 5.86. The molecule has 2 N–H and O–H groups in total. The van der Waals surface area contributed by atoms with Crippen LogP contribution in [0.25, 0.3) is 0 Å². The molecule has 0 spiro atoms. The van der Waals surface area contributed by atoms with Gasteiger partial charge < -0.3 is 15.2 Å². The van der Waals surface area contributed by atoms with Gasteiger partial charge in [0.25, 0.3) is 0 Å². The van der Waals surface area contributed by atoms with E-state index in [2.05, 4.69) is 15.3 Å². The molecule has 1 saturated heterocycles. The number of hydrogen-bond acceptors (Lipinski definition) is 3. The van der Waals surface area contributed by atoms with E-state index in [1.54, 1.807) is 11.1 Å². The summed E-state index contributed by atoms with van der Waals surface area (Å²) in [5.74, 6) is 0.663. The molecule has 6 nitrogen and oxygen atoms in total. The van der Waals surface area contributed by atoms with Crippen molar-refractivity contribution >= 4 is 11.8 Å². The van der Waals surface area contributed by atoms with E-state index in [0.29, 0.717) is 13.0 Å². The minimum absolute atomic E-state index is 0.0721. The highest BCUT2D eigenvalue weighted by Crippen LogP contribution is 2.11. The number of imidazole rings is 1. The minimum atomic E-state index is -0.180. The van der Waals surface area contributed by atoms with E-state index >= 15 is 0 Å². The number of piperidine rings is 1. The molecule has 0 aromatic carbocycles. The highest BCUT2D eigenvalue weighted by atomic mass is 16.2. The van der Waals surface area contributed by atoms with Crippen LogP contribution >= 0.6 is 0 Å². The van der Waals surface area contributed by atoms with E-state index < -0.39 is 0 Å². The molecule has 1 aliphatic rings. The molecule has 0 bridgehead atoms. The molecule has 1 fully saturated rings. The van der Waals surface area contributed by atoms with E-state index in [-0.39, 0.29) is 24.4 Å². The topological polar surface area (TPSA) is 78.1 Å². The summed E-state index contributed by atoms with van der Waals surface area (Å²) < 4.78 is 0. The van der Waals surface area contributed by atoms with Crippen LogP contribution < -0.4 is 5.32 Å². The van der Waals surface area contributed by atoms with Crippen molar-refractivity contribution in [2.45, 2.75) is 39.2 Å². The number of carbonyl (C=O) groups is 2. The van der Waals surface area contributed by atoms with Crippen molar-refractivity contribution in [2.24, 2.45) is 0 Å². The molecule has 1 atom stereocenters. The lowest BCUT2D eigenvalue weighted by atomic mass is 10.1. The number of rotatable bonds is 4. The van der Waals surface area contributed by atoms with Crippen molar-refractivity contribution in [3.05, 3.63) is 17.7 Å². The fourth-order valence-corrected chi connectivity index (χ4v) is 2.21. The Hall–Kier alpha value is -1.85. The minimum Gasteiger partial charge on any atom is -0.345 e. The van der Waals surface area contributed by atoms with Crippen LogP contribution in [0.4, 0.5) is 0 Å². The summed E-state index contributed by atoms with van der Waals surface area (Å²) in [4.78, 5) is 32.4. The van der Waals surface area contributed by atoms with Crippen molar-refractivity contribution in [2.75, 3.05) is 13.1 Å². The molecule has 104 valence electrons. The number of hydrogen-bond donors (Lipinski definition) is 2. The predicted molar refractivity (Wildman–Crippen MR) is 70.3 cm³/mol. The first-order valence-corrected chi connectivity index (χ1v) is 6.65. The maximum absolute atomic E-state index is 11.9. The lowest BCUT2D eigenvalue weighted by Crippen LogP contribution is -2.43. The van der Waals surface area contributed by atoms with Crippen molar-refractivity contribution in [3.8, 4) is 0 Å². The maximum atomic E-state index is 11.9. The first-order chi connectivity index (χ1) is 9.06. The average Bonchev–Trinajstić information content (AvgIpc) is 2.79. The van der Waals surface area contributed by atoms with Gasteiger partial charge in [-0.25, -0.2) is 4.98 Å². The Balaban J connectivity index is 1.85. The summed E-state index contributed by atoms with van der Waals surface area (Å²) in [5, 5.41) is 2.85. The Morgan fingerprint density at radius 3 is 3.00 bits per heavy atom. The number of carbonyl (C=O) groups excluding carboxylic acids is 2. The Bertz CT molecular complexity index is 469. The molecule has 1 aliphatic heterocycles. The van der Waals surface area contributed by atoms with Crippen molar-refractivity contribution in [3.63, 3.8) is 0 Å². The SMILES string of the molecule is Cc1cnc(C(C)NC(=O)CN2CCCCC2=O)[nH]1. The van der Waals surface area contributed by atoms with Gasteiger partial charge in [-0.05, 0) is 26.7 Å². The number of amides is 2. The van der Waals surface area contributed by atoms with Gasteiger partial charge in [0.05, 0.1) is 12.6 Å². The number of aryl methyl sites for hydroxylation is 1. The standard InChI is InChI=1S/C13H20N4O2/c1-9-7-14-13(15-9)10(2)16-11(18)8-17-6-4-3-5-12(17)19/h7,10H,3-6,8H2,1-2H3,(H,14,15)(H,16,18). The molecule has 2 rings (SSSR count). The summed E-state index contributed by atoms with van der Waals surface area (Å²) in [6, 6.07) is -0.180. The molecule has 0 radical (unpaired) electrons. The Morgan fingerprint density at radius 2 is 2.37 bits per heavy atom. The first kappa shape index (κ1) is 13.6. The summed E-state index contributed by atoms with van der Waals surface area (Å²) in [6.45, 7) is 4.61. The van der Waals surface area contributed by atoms with Gasteiger partial charge in [-0.1, -0.05) is 0 Å². The molecule has 0 saturated carbocycles. The number of nitrogens with zero attached hydrogens (tertiary/aromatic N) is 2. The van der Waals surface area contributed by atoms with Crippen LogP contribution in [0, 0.1) is 6.92 Å². The monoisotopic (exact) mass is 264 g/mol. The van der Waals surface area contributed by atoms with Gasteiger partial charge in [-0.15, -0.1) is 0 Å². The lowest BCUT2D eigenvalue weighted by Gasteiger charge is -2.26. The Labute approximate surface area is 112 Å². The Morgan fingerprint density at radius 1 is 1.58 bits per heavy atom. The maximum Gasteiger partial charge on any atom is 0.240 e. The van der Waals surface area contributed by atoms with Gasteiger partial charge in [-0.2, -0.15) is 0 Å². The van der Waals surface area contributed by atoms with Crippen LogP contribution in [-0.2, 0) is 9.59 Å². The van der Waals surface area contributed by atoms with Crippen LogP contribution in [0.2, 0.25) is 0 Å². The third-order valence-corrected chi connectivity index (χ3v) is 3.27. The van der Waals surface area contributed by atoms with Crippen LogP contribution in [-0.4, -0.2) is 39.8 Å². The van der Waals surface area contributed by atoms with E-state index in [0.717, 1.165) is 24.4 Å². The fraction of sp³-hybridized carbons (Fsp3) is 0.615. The number of aromatic amines is 1. The molecule has 1 aromatic heterocycles. The van der Waals surface area contributed by atoms with E-state index in [1.165, 1.54) is 0 Å². The van der Waals surface area contributed by atoms with Crippen LogP contribution in [0.5, 0.6) is 0 Å². The van der Waals surface area contributed by atoms with Gasteiger partial charge in [-0.3, -0.25) is 9.59 Å². The van der Waals surface area contributed by atoms with Crippen molar-refractivity contribution in [1.29, 1.82) is 0 Å². The van der Waals surface area contributed by atoms with Gasteiger partial charge >= 0.3 is 0 Å². The van der Waals surface area contributed by atoms with Gasteiger partial charge in [0.15, 0.2) is 0 Å². The zero-order valence-electron chi connectivity index (χ0n) is 11.4. The molecule has 6 heteroatoms. The number of aromatic nitrogens is 2. The molecular weight excluding hydrogens is 244 g/mol. The lowest BCUT2D eigenvalue weighted by molar-refractivity contribution is -0.138. The predicted octanol–water partition coefficient (Wildman–Crippen LogP) is 0.908. The normalized spacial score (nSPS) is 17.4. The van der Waals surface area contributed by atoms with Gasteiger partial charge in [0, 0.05) is 24.9 Å². The molecule has 2 heterocycles. The summed E-state index contributed by atoms with van der Waals surface area (Å²) in [7, 11) is 0. The van der Waals surface area contributed by atoms with Crippen molar-refractivity contribution < 1.29 is 9.59 Å². The number of H-pyrrole nitrogens is 1. The number of likely N-dealkylation sites (tertiary alicyclic amines) is 1. The van der Waals surface area contributed by atoms with Gasteiger partial charge in [0.2, 0.25) is 11.8 Å². The van der Waals surface area contributed by atoms with E-state index in [4.69, 9.17) is 0 Å². The second-order valence-electron chi connectivity index (χ2n) is 5.01. The molecule has 19 heavy (non-hydrogen) atoms. The fourth-order valence-electron chi connectivity index (χ4n) is 2.21. The molecular formula is C13H20N4O2. The highest BCUT2D eigenvalue weighted by molar-refractivity contribution is 5.85. The highest BCUT2D eigenvalue weighted by Gasteiger charge is 2.21. The third kappa shape index (κ3) is 3.56. The van der Waals surface area contributed by atoms with E-state index in [1.807, 2.05) is 13.8 Å². The van der Waals surface area contributed by atoms with E-state index in [9.17, 15) is 9.59 Å². The zero-order chi connectivity index (χ0) is 13.8. The zero-order valence-corrected chi connectivity index (χ0v) is 11.4. The second-order valence-corrected chi connectivity index (χ2v) is 5.01. The first-order valence-electron chi connectivity index (χ1n) is 6.65. The van der Waals surface area contributed by atoms with Crippen LogP contribution in [0.15, 0.2) is 6.20 Å². The summed E-state index contributed by atoms with van der Waals surface area (Å²) >= 11 is 0. The average molecular weight is 264 g/mol. The van der Waals surface area contributed by atoms with Crippen LogP contribution in [0.1, 0.15) is 43.7 Å². The molecule has 1 unspecified atom stereocenters. The summed E-state index contributed by atoms with van der Waals surface area (Å²) in [5.41, 5.74) is 0.960. The number of nitrogens with one attached hydrogen (secondary N) is 2. The van der Waals surface area contributed by atoms with Crippen LogP contribution in [0.3, 0.4) is 0 Å². The quantitative estimate of drug-likeness (QED) is 0.848. The Kier molecular flexibility index (Phi) is 4.19. The smallest absolute Gasteiger partial charge is 0.240 e. The summed E-state index contributed by atoms with van der Waals surface area (Å²) in [6.07, 6.45) is 4.19. The molecule has 1 aromatic rings. The third-order valence-electron chi connectivity index (χ3n) is 3.27. The molecule has 0 aliphatic carbocycles. The van der Waals surface area contributed by atoms with Crippen molar-refractivity contribution in [1.82, 2.24) is 20.2 Å². The molecule has 2 amide bonds. The van der Waals surface area contributed by atoms with Gasteiger partial charge in [0.1, 0.15) is 5.82 Å².